The fraction of sp³-hybridized carbons (Fsp3) is 0.696. The van der Waals surface area contributed by atoms with Crippen molar-refractivity contribution in [1.29, 1.82) is 0 Å². The van der Waals surface area contributed by atoms with E-state index in [2.05, 4.69) is 42.4 Å². The first-order valence-electron chi connectivity index (χ1n) is 10.0. The van der Waals surface area contributed by atoms with Gasteiger partial charge >= 0.3 is 5.97 Å². The van der Waals surface area contributed by atoms with Gasteiger partial charge in [0.05, 0.1) is 26.1 Å². The first-order valence-corrected chi connectivity index (χ1v) is 10.0. The highest BCUT2D eigenvalue weighted by Gasteiger charge is 2.11. The molecule has 0 heterocycles. The highest BCUT2D eigenvalue weighted by molar-refractivity contribution is 5.69. The smallest absolute Gasteiger partial charge is 0.306 e. The number of unbranched alkanes of at least 4 members (excludes halogenated alkanes) is 7. The van der Waals surface area contributed by atoms with Crippen LogP contribution in [0.1, 0.15) is 84.0 Å². The van der Waals surface area contributed by atoms with Gasteiger partial charge in [0.2, 0.25) is 0 Å². The van der Waals surface area contributed by atoms with Crippen LogP contribution in [-0.4, -0.2) is 35.5 Å². The zero-order valence-corrected chi connectivity index (χ0v) is 16.7. The first kappa shape index (κ1) is 25.1. The van der Waals surface area contributed by atoms with Gasteiger partial charge in [0.1, 0.15) is 6.10 Å². The van der Waals surface area contributed by atoms with Crippen LogP contribution in [0.3, 0.4) is 0 Å². The Labute approximate surface area is 165 Å². The second-order valence-electron chi connectivity index (χ2n) is 6.26. The molecule has 2 N–H and O–H groups in total. The Morgan fingerprint density at radius 2 is 1.30 bits per heavy atom. The highest BCUT2D eigenvalue weighted by atomic mass is 16.6. The maximum atomic E-state index is 11.4. The van der Waals surface area contributed by atoms with Crippen LogP contribution in [0.15, 0.2) is 0 Å². The Hall–Kier alpha value is -1.93. The Morgan fingerprint density at radius 1 is 0.778 bits per heavy atom. The van der Waals surface area contributed by atoms with Crippen LogP contribution in [0.25, 0.3) is 0 Å². The second-order valence-corrected chi connectivity index (χ2v) is 6.26. The van der Waals surface area contributed by atoms with Crippen LogP contribution >= 0.6 is 0 Å². The average molecular weight is 375 g/mol. The van der Waals surface area contributed by atoms with Crippen LogP contribution in [0.4, 0.5) is 0 Å². The van der Waals surface area contributed by atoms with Gasteiger partial charge in [-0.25, -0.2) is 0 Å². The van der Waals surface area contributed by atoms with Gasteiger partial charge in [-0.1, -0.05) is 62.7 Å². The largest absolute Gasteiger partial charge is 0.457 e. The Kier molecular flexibility index (Phi) is 18.9. The summed E-state index contributed by atoms with van der Waals surface area (Å²) in [7, 11) is 0. The molecule has 27 heavy (non-hydrogen) atoms. The molecule has 0 bridgehead atoms. The quantitative estimate of drug-likeness (QED) is 0.311. The minimum atomic E-state index is -0.826. The lowest BCUT2D eigenvalue weighted by Crippen LogP contribution is -2.25. The summed E-state index contributed by atoms with van der Waals surface area (Å²) in [6.07, 6.45) is 10.4. The molecule has 0 atom stereocenters. The first-order chi connectivity index (χ1) is 13.2. The van der Waals surface area contributed by atoms with E-state index in [1.807, 2.05) is 0 Å². The predicted octanol–water partition coefficient (Wildman–Crippen LogP) is 3.59. The van der Waals surface area contributed by atoms with Crippen LogP contribution < -0.4 is 0 Å². The molecule has 0 fully saturated rings. The van der Waals surface area contributed by atoms with Crippen molar-refractivity contribution >= 4 is 5.97 Å². The fourth-order valence-electron chi connectivity index (χ4n) is 2.21. The molecule has 0 aliphatic carbocycles. The molecule has 4 heteroatoms. The zero-order valence-electron chi connectivity index (χ0n) is 16.7. The maximum Gasteiger partial charge on any atom is 0.306 e. The molecule has 0 aromatic heterocycles. The number of ether oxygens (including phenoxy) is 1. The highest BCUT2D eigenvalue weighted by Crippen LogP contribution is 2.06. The van der Waals surface area contributed by atoms with E-state index >= 15 is 0 Å². The van der Waals surface area contributed by atoms with E-state index in [-0.39, 0.29) is 19.6 Å². The van der Waals surface area contributed by atoms with Crippen LogP contribution in [0.5, 0.6) is 0 Å². The minimum Gasteiger partial charge on any atom is -0.457 e. The normalized spacial score (nSPS) is 9.48. The molecule has 0 aromatic rings. The predicted molar refractivity (Wildman–Crippen MR) is 108 cm³/mol. The van der Waals surface area contributed by atoms with Crippen molar-refractivity contribution in [3.05, 3.63) is 0 Å². The molecule has 0 radical (unpaired) electrons. The number of aliphatic hydroxyl groups is 2. The van der Waals surface area contributed by atoms with E-state index in [9.17, 15) is 4.79 Å². The third-order valence-corrected chi connectivity index (χ3v) is 3.77. The van der Waals surface area contributed by atoms with E-state index < -0.39 is 12.1 Å². The molecule has 150 valence electrons. The minimum absolute atomic E-state index is 0.227. The summed E-state index contributed by atoms with van der Waals surface area (Å²) in [5.74, 6) is 17.7. The molecule has 0 aliphatic heterocycles. The van der Waals surface area contributed by atoms with Crippen molar-refractivity contribution in [1.82, 2.24) is 0 Å². The number of aliphatic hydroxyl groups excluding tert-OH is 2. The Balaban J connectivity index is 3.59. The SMILES string of the molecule is CCCCCCCCC#CCC#CCC#CCCCC(=O)OC(CO)CO. The number of hydrogen-bond donors (Lipinski definition) is 2. The third kappa shape index (κ3) is 18.7. The van der Waals surface area contributed by atoms with E-state index in [0.717, 1.165) is 6.42 Å². The fourth-order valence-corrected chi connectivity index (χ4v) is 2.21. The van der Waals surface area contributed by atoms with E-state index in [1.165, 1.54) is 38.5 Å². The van der Waals surface area contributed by atoms with E-state index in [4.69, 9.17) is 14.9 Å². The van der Waals surface area contributed by atoms with Gasteiger partial charge in [0.25, 0.3) is 0 Å². The standard InChI is InChI=1S/C23H34O4/c1-2-3-4-5-6-7-8-9-10-11-12-13-14-15-16-17-18-19-23(26)27-22(20-24)21-25/h22,24-25H,2-8,11,14,17-21H2,1H3. The summed E-state index contributed by atoms with van der Waals surface area (Å²) in [5, 5.41) is 17.6. The van der Waals surface area contributed by atoms with Crippen molar-refractivity contribution < 1.29 is 19.7 Å². The molecule has 0 rings (SSSR count). The number of carbonyl (C=O) groups excluding carboxylic acids is 1. The van der Waals surface area contributed by atoms with Gasteiger partial charge in [0.15, 0.2) is 0 Å². The summed E-state index contributed by atoms with van der Waals surface area (Å²) in [6, 6.07) is 0. The van der Waals surface area contributed by atoms with Gasteiger partial charge in [-0.3, -0.25) is 4.79 Å². The topological polar surface area (TPSA) is 66.8 Å². The molecule has 0 aliphatic rings. The van der Waals surface area contributed by atoms with Gasteiger partial charge in [0, 0.05) is 19.3 Å². The molecular weight excluding hydrogens is 340 g/mol. The van der Waals surface area contributed by atoms with Gasteiger partial charge in [-0.05, 0) is 12.8 Å². The number of esters is 1. The van der Waals surface area contributed by atoms with Gasteiger partial charge in [-0.2, -0.15) is 0 Å². The lowest BCUT2D eigenvalue weighted by atomic mass is 10.1. The monoisotopic (exact) mass is 374 g/mol. The second kappa shape index (κ2) is 20.4. The summed E-state index contributed by atoms with van der Waals surface area (Å²) in [4.78, 5) is 11.4. The van der Waals surface area contributed by atoms with Crippen LogP contribution in [-0.2, 0) is 9.53 Å². The van der Waals surface area contributed by atoms with Crippen molar-refractivity contribution in [2.45, 2.75) is 90.1 Å². The van der Waals surface area contributed by atoms with Crippen LogP contribution in [0, 0.1) is 35.5 Å². The molecule has 0 saturated carbocycles. The Bertz CT molecular complexity index is 544. The lowest BCUT2D eigenvalue weighted by molar-refractivity contribution is -0.153. The molecule has 0 unspecified atom stereocenters. The molecule has 0 aromatic carbocycles. The number of rotatable bonds is 12. The third-order valence-electron chi connectivity index (χ3n) is 3.77. The molecular formula is C23H34O4. The van der Waals surface area contributed by atoms with E-state index in [1.54, 1.807) is 0 Å². The summed E-state index contributed by atoms with van der Waals surface area (Å²) in [6.45, 7) is 1.49. The Morgan fingerprint density at radius 3 is 1.89 bits per heavy atom. The zero-order chi connectivity index (χ0) is 20.0. The molecule has 0 saturated heterocycles. The van der Waals surface area contributed by atoms with E-state index in [0.29, 0.717) is 25.7 Å². The molecule has 4 nitrogen and oxygen atoms in total. The van der Waals surface area contributed by atoms with Crippen molar-refractivity contribution in [3.8, 4) is 35.5 Å². The van der Waals surface area contributed by atoms with Crippen molar-refractivity contribution in [2.75, 3.05) is 13.2 Å². The van der Waals surface area contributed by atoms with Gasteiger partial charge in [-0.15, -0.1) is 11.8 Å². The van der Waals surface area contributed by atoms with Crippen LogP contribution in [0.2, 0.25) is 0 Å². The lowest BCUT2D eigenvalue weighted by Gasteiger charge is -2.11. The summed E-state index contributed by atoms with van der Waals surface area (Å²) >= 11 is 0. The number of hydrogen-bond acceptors (Lipinski definition) is 4. The summed E-state index contributed by atoms with van der Waals surface area (Å²) in [5.41, 5.74) is 0. The van der Waals surface area contributed by atoms with Gasteiger partial charge < -0.3 is 14.9 Å². The molecule has 0 amide bonds. The average Bonchev–Trinajstić information content (AvgIpc) is 2.68. The van der Waals surface area contributed by atoms with Crippen molar-refractivity contribution in [2.24, 2.45) is 0 Å². The summed E-state index contributed by atoms with van der Waals surface area (Å²) < 4.78 is 4.86. The number of carbonyl (C=O) groups is 1. The van der Waals surface area contributed by atoms with Crippen molar-refractivity contribution in [3.63, 3.8) is 0 Å². The maximum absolute atomic E-state index is 11.4. The molecule has 0 spiro atoms.